The number of halogens is 3. The van der Waals surface area contributed by atoms with E-state index in [2.05, 4.69) is 28.3 Å². The molecule has 0 spiro atoms. The van der Waals surface area contributed by atoms with Crippen molar-refractivity contribution in [2.45, 2.75) is 26.2 Å². The van der Waals surface area contributed by atoms with Crippen molar-refractivity contribution in [3.63, 3.8) is 0 Å². The fraction of sp³-hybridized carbons (Fsp3) is 1.00. The average molecular weight is 259 g/mol. The van der Waals surface area contributed by atoms with Crippen LogP contribution in [0.1, 0.15) is 26.2 Å². The van der Waals surface area contributed by atoms with E-state index in [0.717, 1.165) is 6.54 Å². The number of nitrogens with two attached hydrogens (primary N) is 1. The Labute approximate surface area is 88.9 Å². The first-order valence-corrected chi connectivity index (χ1v) is 6.39. The highest BCUT2D eigenvalue weighted by Crippen LogP contribution is 1.98. The Morgan fingerprint density at radius 2 is 1.58 bits per heavy atom. The van der Waals surface area contributed by atoms with E-state index in [1.54, 1.807) is 0 Å². The highest BCUT2D eigenvalue weighted by molar-refractivity contribution is 8.31. The van der Waals surface area contributed by atoms with E-state index in [4.69, 9.17) is 14.2 Å². The summed E-state index contributed by atoms with van der Waals surface area (Å²) in [4.78, 5) is 0. The maximum atomic E-state index is 9.16. The molecule has 0 aliphatic rings. The largest absolute Gasteiger partial charge is 0.330 e. The predicted molar refractivity (Wildman–Crippen MR) is 56.5 cm³/mol. The fourth-order valence-corrected chi connectivity index (χ4v) is 0.394. The van der Waals surface area contributed by atoms with E-state index in [0.29, 0.717) is 0 Å². The lowest BCUT2D eigenvalue weighted by molar-refractivity contribution is 0.621. The number of hydrogen-bond acceptors (Lipinski definition) is 3. The summed E-state index contributed by atoms with van der Waals surface area (Å²) >= 11 is 0. The molecular formula is C5H14Cl3NO2S. The van der Waals surface area contributed by atoms with E-state index >= 15 is 0 Å². The standard InChI is InChI=1S/C5H13N.Cl2O2S.ClH/c1-2-3-4-5-6;1-5(2,3)4;/h2-6H2,1H3;;1H. The van der Waals surface area contributed by atoms with Gasteiger partial charge in [-0.15, -0.1) is 12.4 Å². The summed E-state index contributed by atoms with van der Waals surface area (Å²) in [6.45, 7) is 3.03. The van der Waals surface area contributed by atoms with E-state index < -0.39 is 8.26 Å². The fourth-order valence-electron chi connectivity index (χ4n) is 0.394. The van der Waals surface area contributed by atoms with Crippen molar-refractivity contribution >= 4 is 42.0 Å². The second-order valence-corrected chi connectivity index (χ2v) is 5.54. The van der Waals surface area contributed by atoms with E-state index in [-0.39, 0.29) is 12.4 Å². The molecule has 0 unspecified atom stereocenters. The highest BCUT2D eigenvalue weighted by Gasteiger charge is 1.88. The molecule has 0 bridgehead atoms. The molecule has 78 valence electrons. The number of hydrogen-bond donors (Lipinski definition) is 1. The average Bonchev–Trinajstić information content (AvgIpc) is 1.79. The molecule has 7 heteroatoms. The van der Waals surface area contributed by atoms with Gasteiger partial charge in [0, 0.05) is 21.4 Å². The van der Waals surface area contributed by atoms with Gasteiger partial charge in [0.2, 0.25) is 0 Å². The second-order valence-electron chi connectivity index (χ2n) is 1.87. The molecule has 0 fully saturated rings. The highest BCUT2D eigenvalue weighted by atomic mass is 36.0. The minimum atomic E-state index is -3.72. The van der Waals surface area contributed by atoms with E-state index in [9.17, 15) is 0 Å². The zero-order valence-corrected chi connectivity index (χ0v) is 9.94. The van der Waals surface area contributed by atoms with Gasteiger partial charge in [0.15, 0.2) is 0 Å². The molecular weight excluding hydrogens is 244 g/mol. The molecule has 0 aromatic rings. The molecule has 0 rings (SSSR count). The minimum absolute atomic E-state index is 0. The van der Waals surface area contributed by atoms with Crippen LogP contribution in [0.5, 0.6) is 0 Å². The third-order valence-electron chi connectivity index (χ3n) is 0.808. The van der Waals surface area contributed by atoms with Crippen molar-refractivity contribution in [1.29, 1.82) is 0 Å². The Kier molecular flexibility index (Phi) is 18.2. The van der Waals surface area contributed by atoms with E-state index in [1.165, 1.54) is 19.3 Å². The van der Waals surface area contributed by atoms with Gasteiger partial charge < -0.3 is 5.73 Å². The summed E-state index contributed by atoms with van der Waals surface area (Å²) in [6, 6.07) is 0. The molecule has 0 amide bonds. The van der Waals surface area contributed by atoms with Crippen molar-refractivity contribution in [2.75, 3.05) is 6.54 Å². The maximum Gasteiger partial charge on any atom is 0.317 e. The molecule has 0 atom stereocenters. The molecule has 0 aromatic heterocycles. The van der Waals surface area contributed by atoms with Crippen LogP contribution < -0.4 is 5.73 Å². The van der Waals surface area contributed by atoms with Crippen molar-refractivity contribution in [3.05, 3.63) is 0 Å². The third kappa shape index (κ3) is 72.2. The molecule has 0 aromatic carbocycles. The third-order valence-corrected chi connectivity index (χ3v) is 0.808. The summed E-state index contributed by atoms with van der Waals surface area (Å²) in [5.74, 6) is 0. The second kappa shape index (κ2) is 11.8. The Hall–Kier alpha value is 0.780. The lowest BCUT2D eigenvalue weighted by Crippen LogP contribution is -1.96. The zero-order chi connectivity index (χ0) is 9.33. The van der Waals surface area contributed by atoms with Crippen LogP contribution in [0.3, 0.4) is 0 Å². The molecule has 2 N–H and O–H groups in total. The van der Waals surface area contributed by atoms with Crippen LogP contribution in [-0.4, -0.2) is 15.0 Å². The lowest BCUT2D eigenvalue weighted by Gasteiger charge is -1.86. The van der Waals surface area contributed by atoms with Crippen molar-refractivity contribution < 1.29 is 8.42 Å². The SMILES string of the molecule is CCCCCN.Cl.O=S(=O)(Cl)Cl. The molecule has 0 saturated heterocycles. The van der Waals surface area contributed by atoms with Gasteiger partial charge in [-0.25, -0.2) is 0 Å². The van der Waals surface area contributed by atoms with Crippen molar-refractivity contribution in [2.24, 2.45) is 5.73 Å². The van der Waals surface area contributed by atoms with Crippen LogP contribution in [0.15, 0.2) is 0 Å². The smallest absolute Gasteiger partial charge is 0.317 e. The Balaban J connectivity index is -0.000000126. The Morgan fingerprint density at radius 1 is 1.25 bits per heavy atom. The first kappa shape index (κ1) is 18.5. The van der Waals surface area contributed by atoms with Crippen LogP contribution in [0.25, 0.3) is 0 Å². The molecule has 3 nitrogen and oxygen atoms in total. The molecule has 0 aliphatic carbocycles. The van der Waals surface area contributed by atoms with Gasteiger partial charge in [-0.2, -0.15) is 8.42 Å². The summed E-state index contributed by atoms with van der Waals surface area (Å²) in [5, 5.41) is 0. The summed E-state index contributed by atoms with van der Waals surface area (Å²) < 4.78 is 18.3. The van der Waals surface area contributed by atoms with Crippen molar-refractivity contribution in [1.82, 2.24) is 0 Å². The number of rotatable bonds is 3. The van der Waals surface area contributed by atoms with Crippen LogP contribution in [0.4, 0.5) is 0 Å². The minimum Gasteiger partial charge on any atom is -0.330 e. The summed E-state index contributed by atoms with van der Waals surface area (Å²) in [6.07, 6.45) is 3.75. The Morgan fingerprint density at radius 3 is 1.67 bits per heavy atom. The normalized spacial score (nSPS) is 9.33. The molecule has 12 heavy (non-hydrogen) atoms. The lowest BCUT2D eigenvalue weighted by atomic mass is 10.3. The Bertz CT molecular complexity index is 148. The number of unbranched alkanes of at least 4 members (excludes halogenated alkanes) is 2. The molecule has 0 aliphatic heterocycles. The van der Waals surface area contributed by atoms with Crippen LogP contribution in [-0.2, 0) is 8.26 Å². The van der Waals surface area contributed by atoms with Gasteiger partial charge in [0.1, 0.15) is 0 Å². The van der Waals surface area contributed by atoms with Gasteiger partial charge in [-0.05, 0) is 13.0 Å². The molecule has 0 saturated carbocycles. The predicted octanol–water partition coefficient (Wildman–Crippen LogP) is 2.27. The van der Waals surface area contributed by atoms with Crippen LogP contribution >= 0.6 is 33.8 Å². The van der Waals surface area contributed by atoms with Gasteiger partial charge >= 0.3 is 8.26 Å². The van der Waals surface area contributed by atoms with Gasteiger partial charge in [0.25, 0.3) is 0 Å². The quantitative estimate of drug-likeness (QED) is 0.624. The molecule has 0 radical (unpaired) electrons. The first-order valence-electron chi connectivity index (χ1n) is 3.26. The van der Waals surface area contributed by atoms with E-state index in [1.807, 2.05) is 0 Å². The van der Waals surface area contributed by atoms with Gasteiger partial charge in [-0.3, -0.25) is 0 Å². The first-order chi connectivity index (χ1) is 4.91. The topological polar surface area (TPSA) is 60.2 Å². The monoisotopic (exact) mass is 257 g/mol. The molecule has 0 heterocycles. The maximum absolute atomic E-state index is 9.16. The van der Waals surface area contributed by atoms with Gasteiger partial charge in [0.05, 0.1) is 0 Å². The summed E-state index contributed by atoms with van der Waals surface area (Å²) in [7, 11) is 4.81. The van der Waals surface area contributed by atoms with Crippen LogP contribution in [0.2, 0.25) is 0 Å². The zero-order valence-electron chi connectivity index (χ0n) is 6.79. The summed E-state index contributed by atoms with van der Waals surface area (Å²) in [5.41, 5.74) is 5.21. The van der Waals surface area contributed by atoms with Crippen LogP contribution in [0, 0.1) is 0 Å². The van der Waals surface area contributed by atoms with Crippen molar-refractivity contribution in [3.8, 4) is 0 Å². The van der Waals surface area contributed by atoms with Gasteiger partial charge in [-0.1, -0.05) is 19.8 Å².